The summed E-state index contributed by atoms with van der Waals surface area (Å²) in [5.74, 6) is 2.25. The fourth-order valence-corrected chi connectivity index (χ4v) is 4.10. The van der Waals surface area contributed by atoms with E-state index in [-0.39, 0.29) is 6.61 Å². The fourth-order valence-electron chi connectivity index (χ4n) is 2.71. The highest BCUT2D eigenvalue weighted by molar-refractivity contribution is 8.23. The second kappa shape index (κ2) is 9.64. The minimum atomic E-state index is -1.13. The van der Waals surface area contributed by atoms with E-state index in [2.05, 4.69) is 0 Å². The van der Waals surface area contributed by atoms with Crippen LogP contribution in [0.4, 0.5) is 0 Å². The Kier molecular flexibility index (Phi) is 7.82. The summed E-state index contributed by atoms with van der Waals surface area (Å²) in [6.45, 7) is 5.63. The summed E-state index contributed by atoms with van der Waals surface area (Å²) in [5, 5.41) is 11.0. The van der Waals surface area contributed by atoms with E-state index in [1.807, 2.05) is 26.0 Å². The van der Waals surface area contributed by atoms with E-state index in [1.54, 1.807) is 19.1 Å². The van der Waals surface area contributed by atoms with Gasteiger partial charge in [-0.1, -0.05) is 30.9 Å². The maximum atomic E-state index is 11.0. The van der Waals surface area contributed by atoms with Crippen molar-refractivity contribution in [1.82, 2.24) is 4.90 Å². The maximum absolute atomic E-state index is 11.0. The Hall–Kier alpha value is -1.22. The van der Waals surface area contributed by atoms with Gasteiger partial charge in [0, 0.05) is 12.2 Å². The van der Waals surface area contributed by atoms with Crippen molar-refractivity contribution < 1.29 is 24.1 Å². The molecule has 1 saturated heterocycles. The summed E-state index contributed by atoms with van der Waals surface area (Å²) in [6.07, 6.45) is 0.873. The third-order valence-electron chi connectivity index (χ3n) is 4.05. The number of methoxy groups -OCH3 is 2. The van der Waals surface area contributed by atoms with Crippen LogP contribution in [-0.2, 0) is 11.3 Å². The first kappa shape index (κ1) is 21.1. The van der Waals surface area contributed by atoms with E-state index < -0.39 is 5.72 Å². The van der Waals surface area contributed by atoms with E-state index in [4.69, 9.17) is 31.2 Å². The van der Waals surface area contributed by atoms with E-state index in [1.165, 1.54) is 11.8 Å². The number of thiocarbonyl (C=S) groups is 1. The van der Waals surface area contributed by atoms with Gasteiger partial charge in [-0.15, -0.1) is 0 Å². The Balaban J connectivity index is 2.33. The van der Waals surface area contributed by atoms with Crippen LogP contribution in [0.5, 0.6) is 17.2 Å². The quantitative estimate of drug-likeness (QED) is 0.601. The molecule has 6 nitrogen and oxygen atoms in total. The van der Waals surface area contributed by atoms with Crippen LogP contribution in [0, 0.1) is 0 Å². The van der Waals surface area contributed by atoms with Crippen LogP contribution < -0.4 is 14.2 Å². The first-order valence-corrected chi connectivity index (χ1v) is 10.0. The molecule has 1 N–H and O–H groups in total. The molecule has 1 unspecified atom stereocenters. The summed E-state index contributed by atoms with van der Waals surface area (Å²) >= 11 is 6.90. The molecule has 2 rings (SSSR count). The maximum Gasteiger partial charge on any atom is 0.203 e. The minimum absolute atomic E-state index is 0.203. The summed E-state index contributed by atoms with van der Waals surface area (Å²) < 4.78 is 23.0. The summed E-state index contributed by atoms with van der Waals surface area (Å²) in [4.78, 5) is 1.79. The Bertz CT molecular complexity index is 628. The molecule has 8 heteroatoms. The Labute approximate surface area is 164 Å². The van der Waals surface area contributed by atoms with Crippen LogP contribution in [0.25, 0.3) is 0 Å². The standard InChI is InChI=1S/C18H27NO5S2/c1-5-9-24-16-14(21-3)8-7-13(15(16)22-4)10-19-17(25)26-12-18(19,20)11-23-6-2/h7-8,20H,5-6,9-12H2,1-4H3. The van der Waals surface area contributed by atoms with Crippen LogP contribution in [0.1, 0.15) is 25.8 Å². The molecule has 0 amide bonds. The van der Waals surface area contributed by atoms with E-state index in [0.717, 1.165) is 12.0 Å². The van der Waals surface area contributed by atoms with Crippen molar-refractivity contribution in [2.45, 2.75) is 32.5 Å². The number of hydrogen-bond acceptors (Lipinski definition) is 7. The zero-order valence-corrected chi connectivity index (χ0v) is 17.4. The SMILES string of the molecule is CCCOc1c(OC)ccc(CN2C(=S)SCC2(O)COCC)c1OC. The van der Waals surface area contributed by atoms with Gasteiger partial charge in [0.1, 0.15) is 4.32 Å². The van der Waals surface area contributed by atoms with Gasteiger partial charge in [0.15, 0.2) is 17.2 Å². The molecular weight excluding hydrogens is 374 g/mol. The van der Waals surface area contributed by atoms with Crippen molar-refractivity contribution >= 4 is 28.3 Å². The molecule has 0 aromatic heterocycles. The normalized spacial score (nSPS) is 19.7. The van der Waals surface area contributed by atoms with Gasteiger partial charge < -0.3 is 29.0 Å². The minimum Gasteiger partial charge on any atom is -0.493 e. The lowest BCUT2D eigenvalue weighted by atomic mass is 10.1. The Morgan fingerprint density at radius 2 is 2.00 bits per heavy atom. The zero-order chi connectivity index (χ0) is 19.2. The van der Waals surface area contributed by atoms with Crippen LogP contribution in [0.15, 0.2) is 12.1 Å². The molecule has 1 aliphatic rings. The Morgan fingerprint density at radius 1 is 1.23 bits per heavy atom. The van der Waals surface area contributed by atoms with Gasteiger partial charge in [-0.05, 0) is 25.5 Å². The van der Waals surface area contributed by atoms with E-state index in [9.17, 15) is 5.11 Å². The third kappa shape index (κ3) is 4.54. The van der Waals surface area contributed by atoms with Crippen molar-refractivity contribution in [3.63, 3.8) is 0 Å². The highest BCUT2D eigenvalue weighted by Crippen LogP contribution is 2.42. The molecule has 1 aliphatic heterocycles. The largest absolute Gasteiger partial charge is 0.493 e. The number of hydrogen-bond donors (Lipinski definition) is 1. The van der Waals surface area contributed by atoms with E-state index in [0.29, 0.717) is 47.1 Å². The fraction of sp³-hybridized carbons (Fsp3) is 0.611. The van der Waals surface area contributed by atoms with Crippen molar-refractivity contribution in [2.24, 2.45) is 0 Å². The molecule has 0 bridgehead atoms. The molecule has 0 radical (unpaired) electrons. The van der Waals surface area contributed by atoms with Crippen molar-refractivity contribution in [2.75, 3.05) is 39.8 Å². The van der Waals surface area contributed by atoms with Gasteiger partial charge in [0.05, 0.1) is 39.7 Å². The smallest absolute Gasteiger partial charge is 0.203 e. The van der Waals surface area contributed by atoms with Gasteiger partial charge in [0.2, 0.25) is 5.75 Å². The summed E-state index contributed by atoms with van der Waals surface area (Å²) in [5.41, 5.74) is -0.271. The molecule has 1 aromatic rings. The second-order valence-corrected chi connectivity index (χ2v) is 7.51. The van der Waals surface area contributed by atoms with Gasteiger partial charge in [-0.3, -0.25) is 0 Å². The van der Waals surface area contributed by atoms with Crippen molar-refractivity contribution in [3.8, 4) is 17.2 Å². The van der Waals surface area contributed by atoms with Crippen molar-refractivity contribution in [1.29, 1.82) is 0 Å². The topological polar surface area (TPSA) is 60.4 Å². The molecule has 0 spiro atoms. The molecule has 1 atom stereocenters. The number of aliphatic hydroxyl groups is 1. The van der Waals surface area contributed by atoms with Gasteiger partial charge >= 0.3 is 0 Å². The molecule has 0 saturated carbocycles. The molecule has 1 fully saturated rings. The van der Waals surface area contributed by atoms with Crippen LogP contribution in [0.3, 0.4) is 0 Å². The summed E-state index contributed by atoms with van der Waals surface area (Å²) in [6, 6.07) is 3.75. The average Bonchev–Trinajstić information content (AvgIpc) is 2.93. The zero-order valence-electron chi connectivity index (χ0n) is 15.7. The van der Waals surface area contributed by atoms with Crippen LogP contribution >= 0.6 is 24.0 Å². The second-order valence-electron chi connectivity index (χ2n) is 5.90. The summed E-state index contributed by atoms with van der Waals surface area (Å²) in [7, 11) is 3.20. The molecule has 0 aliphatic carbocycles. The highest BCUT2D eigenvalue weighted by Gasteiger charge is 2.43. The number of benzene rings is 1. The van der Waals surface area contributed by atoms with Gasteiger partial charge in [-0.2, -0.15) is 0 Å². The predicted octanol–water partition coefficient (Wildman–Crippen LogP) is 3.05. The molecule has 1 aromatic carbocycles. The number of thioether (sulfide) groups is 1. The number of ether oxygens (including phenoxy) is 4. The van der Waals surface area contributed by atoms with Crippen molar-refractivity contribution in [3.05, 3.63) is 17.7 Å². The number of rotatable bonds is 10. The Morgan fingerprint density at radius 3 is 2.62 bits per heavy atom. The predicted molar refractivity (Wildman–Crippen MR) is 107 cm³/mol. The van der Waals surface area contributed by atoms with Gasteiger partial charge in [0.25, 0.3) is 0 Å². The average molecular weight is 402 g/mol. The lowest BCUT2D eigenvalue weighted by Crippen LogP contribution is -2.50. The molecule has 26 heavy (non-hydrogen) atoms. The van der Waals surface area contributed by atoms with Crippen LogP contribution in [0.2, 0.25) is 0 Å². The first-order chi connectivity index (χ1) is 12.5. The molecule has 146 valence electrons. The van der Waals surface area contributed by atoms with E-state index >= 15 is 0 Å². The highest BCUT2D eigenvalue weighted by atomic mass is 32.2. The molecular formula is C18H27NO5S2. The van der Waals surface area contributed by atoms with Gasteiger partial charge in [-0.25, -0.2) is 0 Å². The van der Waals surface area contributed by atoms with Crippen LogP contribution in [-0.4, -0.2) is 59.8 Å². The number of nitrogens with zero attached hydrogens (tertiary/aromatic N) is 1. The molecule has 1 heterocycles. The lowest BCUT2D eigenvalue weighted by molar-refractivity contribution is -0.102. The third-order valence-corrected chi connectivity index (χ3v) is 5.70. The first-order valence-electron chi connectivity index (χ1n) is 8.61. The lowest BCUT2D eigenvalue weighted by Gasteiger charge is -2.34. The monoisotopic (exact) mass is 401 g/mol.